The largest absolute Gasteiger partial charge is 0.374 e. The lowest BCUT2D eigenvalue weighted by Gasteiger charge is -2.32. The molecule has 0 radical (unpaired) electrons. The molecule has 0 aromatic carbocycles. The van der Waals surface area contributed by atoms with Crippen molar-refractivity contribution in [3.63, 3.8) is 0 Å². The van der Waals surface area contributed by atoms with Crippen molar-refractivity contribution in [3.05, 3.63) is 0 Å². The van der Waals surface area contributed by atoms with E-state index in [1.165, 1.54) is 32.1 Å². The molecule has 1 N–H and O–H groups in total. The minimum atomic E-state index is -0.478. The summed E-state index contributed by atoms with van der Waals surface area (Å²) in [5.74, 6) is 1.60. The van der Waals surface area contributed by atoms with Gasteiger partial charge < -0.3 is 10.1 Å². The molecule has 0 aromatic heterocycles. The second-order valence-corrected chi connectivity index (χ2v) is 8.97. The Morgan fingerprint density at radius 3 is 2.29 bits per heavy atom. The third kappa shape index (κ3) is 6.38. The molecular formula is C21H41NO2. The summed E-state index contributed by atoms with van der Waals surface area (Å²) in [4.78, 5) is 12.8. The average Bonchev–Trinajstić information content (AvgIpc) is 2.97. The Bertz CT molecular complexity index is 385. The Morgan fingerprint density at radius 2 is 1.75 bits per heavy atom. The van der Waals surface area contributed by atoms with Crippen LogP contribution in [0.5, 0.6) is 0 Å². The van der Waals surface area contributed by atoms with E-state index < -0.39 is 5.41 Å². The van der Waals surface area contributed by atoms with Crippen LogP contribution in [0.2, 0.25) is 0 Å². The number of carbonyl (C=O) groups is 1. The smallest absolute Gasteiger partial charge is 0.228 e. The van der Waals surface area contributed by atoms with E-state index in [2.05, 4.69) is 39.9 Å². The Morgan fingerprint density at radius 1 is 1.12 bits per heavy atom. The van der Waals surface area contributed by atoms with Crippen molar-refractivity contribution in [2.75, 3.05) is 6.61 Å². The Kier molecular flexibility index (Phi) is 8.25. The quantitative estimate of drug-likeness (QED) is 0.584. The van der Waals surface area contributed by atoms with Gasteiger partial charge in [-0.25, -0.2) is 0 Å². The molecule has 1 amide bonds. The third-order valence-corrected chi connectivity index (χ3v) is 6.06. The normalized spacial score (nSPS) is 22.2. The zero-order valence-electron chi connectivity index (χ0n) is 17.2. The lowest BCUT2D eigenvalue weighted by Crippen LogP contribution is -2.47. The first-order chi connectivity index (χ1) is 11.1. The lowest BCUT2D eigenvalue weighted by atomic mass is 9.86. The summed E-state index contributed by atoms with van der Waals surface area (Å²) in [6, 6.07) is 0.358. The molecule has 2 unspecified atom stereocenters. The van der Waals surface area contributed by atoms with Crippen molar-refractivity contribution in [1.82, 2.24) is 5.32 Å². The SMILES string of the molecule is CCC(CC)CC1CCCC1NC(=O)C(C)(C)COC(C)(C)CC. The molecule has 3 heteroatoms. The zero-order valence-corrected chi connectivity index (χ0v) is 17.2. The van der Waals surface area contributed by atoms with Crippen LogP contribution >= 0.6 is 0 Å². The molecule has 2 atom stereocenters. The number of nitrogens with one attached hydrogen (secondary N) is 1. The zero-order chi connectivity index (χ0) is 18.4. The van der Waals surface area contributed by atoms with Gasteiger partial charge in [0.1, 0.15) is 0 Å². The minimum absolute atomic E-state index is 0.149. The van der Waals surface area contributed by atoms with Crippen LogP contribution in [0.25, 0.3) is 0 Å². The van der Waals surface area contributed by atoms with Gasteiger partial charge in [0.25, 0.3) is 0 Å². The third-order valence-electron chi connectivity index (χ3n) is 6.06. The van der Waals surface area contributed by atoms with Crippen molar-refractivity contribution >= 4 is 5.91 Å². The van der Waals surface area contributed by atoms with E-state index in [-0.39, 0.29) is 11.5 Å². The van der Waals surface area contributed by atoms with Gasteiger partial charge in [-0.2, -0.15) is 0 Å². The Hall–Kier alpha value is -0.570. The highest BCUT2D eigenvalue weighted by Gasteiger charge is 2.35. The second-order valence-electron chi connectivity index (χ2n) is 8.97. The molecule has 142 valence electrons. The van der Waals surface area contributed by atoms with E-state index in [1.807, 2.05) is 13.8 Å². The molecule has 0 spiro atoms. The Labute approximate surface area is 150 Å². The molecule has 3 nitrogen and oxygen atoms in total. The van der Waals surface area contributed by atoms with Crippen molar-refractivity contribution in [2.45, 2.75) is 105 Å². The van der Waals surface area contributed by atoms with Gasteiger partial charge in [-0.15, -0.1) is 0 Å². The fourth-order valence-electron chi connectivity index (χ4n) is 3.47. The highest BCUT2D eigenvalue weighted by atomic mass is 16.5. The molecule has 1 aliphatic rings. The number of hydrogen-bond donors (Lipinski definition) is 1. The summed E-state index contributed by atoms with van der Waals surface area (Å²) >= 11 is 0. The summed E-state index contributed by atoms with van der Waals surface area (Å²) in [7, 11) is 0. The van der Waals surface area contributed by atoms with E-state index in [9.17, 15) is 4.79 Å². The number of amides is 1. The van der Waals surface area contributed by atoms with Gasteiger partial charge >= 0.3 is 0 Å². The van der Waals surface area contributed by atoms with Crippen molar-refractivity contribution in [3.8, 4) is 0 Å². The first-order valence-electron chi connectivity index (χ1n) is 10.1. The van der Waals surface area contributed by atoms with Crippen LogP contribution < -0.4 is 5.32 Å². The molecule has 0 aliphatic heterocycles. The summed E-state index contributed by atoms with van der Waals surface area (Å²) in [6.07, 6.45) is 8.35. The van der Waals surface area contributed by atoms with E-state index in [1.54, 1.807) is 0 Å². The molecule has 0 heterocycles. The molecule has 0 aromatic rings. The summed E-state index contributed by atoms with van der Waals surface area (Å²) in [5, 5.41) is 3.36. The highest BCUT2D eigenvalue weighted by Crippen LogP contribution is 2.34. The maximum Gasteiger partial charge on any atom is 0.228 e. The number of rotatable bonds is 10. The van der Waals surface area contributed by atoms with E-state index in [0.29, 0.717) is 18.6 Å². The molecule has 1 saturated carbocycles. The summed E-state index contributed by atoms with van der Waals surface area (Å²) < 4.78 is 5.99. The maximum atomic E-state index is 12.8. The predicted octanol–water partition coefficient (Wildman–Crippen LogP) is 5.33. The maximum absolute atomic E-state index is 12.8. The topological polar surface area (TPSA) is 38.3 Å². The van der Waals surface area contributed by atoms with Crippen LogP contribution in [-0.4, -0.2) is 24.2 Å². The predicted molar refractivity (Wildman–Crippen MR) is 102 cm³/mol. The van der Waals surface area contributed by atoms with Gasteiger partial charge in [0, 0.05) is 6.04 Å². The summed E-state index contributed by atoms with van der Waals surface area (Å²) in [6.45, 7) is 15.3. The lowest BCUT2D eigenvalue weighted by molar-refractivity contribution is -0.138. The van der Waals surface area contributed by atoms with Crippen LogP contribution in [0, 0.1) is 17.3 Å². The minimum Gasteiger partial charge on any atom is -0.374 e. The number of carbonyl (C=O) groups excluding carboxylic acids is 1. The first kappa shape index (κ1) is 21.5. The van der Waals surface area contributed by atoms with Crippen molar-refractivity contribution in [1.29, 1.82) is 0 Å². The molecule has 1 fully saturated rings. The molecule has 1 aliphatic carbocycles. The fraction of sp³-hybridized carbons (Fsp3) is 0.952. The van der Waals surface area contributed by atoms with Gasteiger partial charge in [0.2, 0.25) is 5.91 Å². The van der Waals surface area contributed by atoms with Gasteiger partial charge in [0.05, 0.1) is 17.6 Å². The van der Waals surface area contributed by atoms with Crippen LogP contribution in [0.15, 0.2) is 0 Å². The number of ether oxygens (including phenoxy) is 1. The van der Waals surface area contributed by atoms with Gasteiger partial charge in [-0.3, -0.25) is 4.79 Å². The van der Waals surface area contributed by atoms with E-state index in [0.717, 1.165) is 18.8 Å². The molecular weight excluding hydrogens is 298 g/mol. The van der Waals surface area contributed by atoms with Gasteiger partial charge in [0.15, 0.2) is 0 Å². The first-order valence-corrected chi connectivity index (χ1v) is 10.1. The molecule has 24 heavy (non-hydrogen) atoms. The molecule has 1 rings (SSSR count). The van der Waals surface area contributed by atoms with Crippen LogP contribution in [-0.2, 0) is 9.53 Å². The standard InChI is InChI=1S/C21H41NO2/c1-8-16(9-2)14-17-12-11-13-18(17)22-19(23)20(4,5)15-24-21(6,7)10-3/h16-18H,8-15H2,1-7H3,(H,22,23). The fourth-order valence-corrected chi connectivity index (χ4v) is 3.47. The second kappa shape index (κ2) is 9.22. The average molecular weight is 340 g/mol. The monoisotopic (exact) mass is 339 g/mol. The van der Waals surface area contributed by atoms with E-state index in [4.69, 9.17) is 4.74 Å². The van der Waals surface area contributed by atoms with Crippen molar-refractivity contribution in [2.24, 2.45) is 17.3 Å². The van der Waals surface area contributed by atoms with Crippen LogP contribution in [0.3, 0.4) is 0 Å². The van der Waals surface area contributed by atoms with Crippen LogP contribution in [0.1, 0.15) is 93.4 Å². The van der Waals surface area contributed by atoms with Gasteiger partial charge in [-0.05, 0) is 65.2 Å². The molecule has 0 bridgehead atoms. The summed E-state index contributed by atoms with van der Waals surface area (Å²) in [5.41, 5.74) is -0.641. The Balaban J connectivity index is 2.58. The van der Waals surface area contributed by atoms with Crippen molar-refractivity contribution < 1.29 is 9.53 Å². The van der Waals surface area contributed by atoms with Crippen LogP contribution in [0.4, 0.5) is 0 Å². The molecule has 0 saturated heterocycles. The van der Waals surface area contributed by atoms with Gasteiger partial charge in [-0.1, -0.05) is 40.0 Å². The number of hydrogen-bond acceptors (Lipinski definition) is 2. The van der Waals surface area contributed by atoms with E-state index >= 15 is 0 Å². The highest BCUT2D eigenvalue weighted by molar-refractivity contribution is 5.82.